The highest BCUT2D eigenvalue weighted by molar-refractivity contribution is 5.84. The normalized spacial score (nSPS) is 20.3. The van der Waals surface area contributed by atoms with Crippen molar-refractivity contribution in [3.8, 4) is 0 Å². The van der Waals surface area contributed by atoms with Crippen LogP contribution in [0.2, 0.25) is 0 Å². The Morgan fingerprint density at radius 3 is 2.29 bits per heavy atom. The number of nitrogens with zero attached hydrogens (tertiary/aromatic N) is 6. The van der Waals surface area contributed by atoms with Gasteiger partial charge in [-0.15, -0.1) is 0 Å². The SMILES string of the molecule is CCN(CC)C1CCN(CC2CCN(c3ccnc4nccnc34)CC2)CC1. The van der Waals surface area contributed by atoms with Gasteiger partial charge in [0.2, 0.25) is 0 Å². The summed E-state index contributed by atoms with van der Waals surface area (Å²) in [6.45, 7) is 13.0. The molecule has 2 saturated heterocycles. The maximum absolute atomic E-state index is 4.53. The Morgan fingerprint density at radius 1 is 0.893 bits per heavy atom. The summed E-state index contributed by atoms with van der Waals surface area (Å²) in [5.74, 6) is 0.820. The molecule has 0 spiro atoms. The largest absolute Gasteiger partial charge is 0.370 e. The second-order valence-electron chi connectivity index (χ2n) is 8.24. The van der Waals surface area contributed by atoms with E-state index in [9.17, 15) is 0 Å². The Hall–Kier alpha value is -1.79. The van der Waals surface area contributed by atoms with Gasteiger partial charge < -0.3 is 14.7 Å². The van der Waals surface area contributed by atoms with E-state index in [1.807, 2.05) is 6.20 Å². The fourth-order valence-corrected chi connectivity index (χ4v) is 5.05. The molecule has 2 aliphatic heterocycles. The van der Waals surface area contributed by atoms with Gasteiger partial charge >= 0.3 is 0 Å². The molecule has 6 heteroatoms. The third-order valence-electron chi connectivity index (χ3n) is 6.71. The molecular formula is C22H34N6. The average molecular weight is 383 g/mol. The number of piperidine rings is 2. The minimum atomic E-state index is 0.748. The first-order chi connectivity index (χ1) is 13.8. The topological polar surface area (TPSA) is 48.4 Å². The predicted molar refractivity (Wildman–Crippen MR) is 115 cm³/mol. The summed E-state index contributed by atoms with van der Waals surface area (Å²) in [4.78, 5) is 21.1. The molecule has 2 aliphatic rings. The van der Waals surface area contributed by atoms with E-state index >= 15 is 0 Å². The van der Waals surface area contributed by atoms with Crippen LogP contribution in [0.15, 0.2) is 24.7 Å². The van der Waals surface area contributed by atoms with Gasteiger partial charge in [-0.1, -0.05) is 13.8 Å². The van der Waals surface area contributed by atoms with Crippen LogP contribution in [0, 0.1) is 5.92 Å². The molecular weight excluding hydrogens is 348 g/mol. The molecule has 2 aromatic rings. The summed E-state index contributed by atoms with van der Waals surface area (Å²) in [6.07, 6.45) is 10.5. The fraction of sp³-hybridized carbons (Fsp3) is 0.682. The Balaban J connectivity index is 1.28. The Morgan fingerprint density at radius 2 is 1.57 bits per heavy atom. The molecule has 28 heavy (non-hydrogen) atoms. The van der Waals surface area contributed by atoms with Gasteiger partial charge in [-0.2, -0.15) is 0 Å². The molecule has 0 atom stereocenters. The van der Waals surface area contributed by atoms with Crippen LogP contribution >= 0.6 is 0 Å². The van der Waals surface area contributed by atoms with Gasteiger partial charge in [0.1, 0.15) is 5.52 Å². The molecule has 0 bridgehead atoms. The van der Waals surface area contributed by atoms with Crippen LogP contribution in [0.3, 0.4) is 0 Å². The van der Waals surface area contributed by atoms with Gasteiger partial charge in [-0.05, 0) is 63.8 Å². The molecule has 0 radical (unpaired) electrons. The lowest BCUT2D eigenvalue weighted by molar-refractivity contribution is 0.102. The molecule has 2 fully saturated rings. The van der Waals surface area contributed by atoms with Crippen LogP contribution in [0.5, 0.6) is 0 Å². The van der Waals surface area contributed by atoms with Crippen molar-refractivity contribution in [3.63, 3.8) is 0 Å². The molecule has 4 heterocycles. The lowest BCUT2D eigenvalue weighted by atomic mass is 9.94. The van der Waals surface area contributed by atoms with Crippen molar-refractivity contribution in [2.45, 2.75) is 45.6 Å². The Labute approximate surface area is 169 Å². The van der Waals surface area contributed by atoms with E-state index < -0.39 is 0 Å². The number of aromatic nitrogens is 3. The maximum atomic E-state index is 4.53. The fourth-order valence-electron chi connectivity index (χ4n) is 5.05. The van der Waals surface area contributed by atoms with Crippen molar-refractivity contribution in [1.82, 2.24) is 24.8 Å². The first-order valence-electron chi connectivity index (χ1n) is 11.1. The number of fused-ring (bicyclic) bond motifs is 1. The molecule has 0 aromatic carbocycles. The van der Waals surface area contributed by atoms with Gasteiger partial charge in [0.25, 0.3) is 0 Å². The number of hydrogen-bond acceptors (Lipinski definition) is 6. The van der Waals surface area contributed by atoms with Gasteiger partial charge in [-0.3, -0.25) is 0 Å². The minimum Gasteiger partial charge on any atom is -0.370 e. The second-order valence-corrected chi connectivity index (χ2v) is 8.24. The summed E-state index contributed by atoms with van der Waals surface area (Å²) in [6, 6.07) is 2.89. The highest BCUT2D eigenvalue weighted by atomic mass is 15.2. The van der Waals surface area contributed by atoms with E-state index in [1.165, 1.54) is 64.1 Å². The zero-order chi connectivity index (χ0) is 19.3. The standard InChI is InChI=1S/C22H34N6/c1-3-27(4-2)19-8-13-26(14-9-19)17-18-6-15-28(16-7-18)20-5-10-24-22-21(20)23-11-12-25-22/h5,10-12,18-19H,3-4,6-9,13-17H2,1-2H3. The van der Waals surface area contributed by atoms with E-state index in [1.54, 1.807) is 12.4 Å². The first kappa shape index (κ1) is 19.5. The van der Waals surface area contributed by atoms with Crippen LogP contribution in [0.25, 0.3) is 11.2 Å². The first-order valence-corrected chi connectivity index (χ1v) is 11.1. The zero-order valence-electron chi connectivity index (χ0n) is 17.4. The van der Waals surface area contributed by atoms with Crippen molar-refractivity contribution in [2.75, 3.05) is 50.7 Å². The molecule has 0 aliphatic carbocycles. The van der Waals surface area contributed by atoms with Crippen LogP contribution in [-0.2, 0) is 0 Å². The number of rotatable bonds is 6. The van der Waals surface area contributed by atoms with E-state index in [-0.39, 0.29) is 0 Å². The summed E-state index contributed by atoms with van der Waals surface area (Å²) in [5.41, 5.74) is 2.87. The van der Waals surface area contributed by atoms with Gasteiger partial charge in [0.15, 0.2) is 5.65 Å². The van der Waals surface area contributed by atoms with Crippen LogP contribution in [-0.4, -0.2) is 76.6 Å². The van der Waals surface area contributed by atoms with Crippen LogP contribution < -0.4 is 4.90 Å². The number of pyridine rings is 1. The summed E-state index contributed by atoms with van der Waals surface area (Å²) in [5, 5.41) is 0. The predicted octanol–water partition coefficient (Wildman–Crippen LogP) is 3.05. The summed E-state index contributed by atoms with van der Waals surface area (Å²) >= 11 is 0. The van der Waals surface area contributed by atoms with Gasteiger partial charge in [0.05, 0.1) is 5.69 Å². The van der Waals surface area contributed by atoms with Crippen molar-refractivity contribution < 1.29 is 0 Å². The summed E-state index contributed by atoms with van der Waals surface area (Å²) in [7, 11) is 0. The van der Waals surface area contributed by atoms with E-state index in [4.69, 9.17) is 0 Å². The average Bonchev–Trinajstić information content (AvgIpc) is 2.76. The lowest BCUT2D eigenvalue weighted by Crippen LogP contribution is -2.47. The van der Waals surface area contributed by atoms with Crippen molar-refractivity contribution >= 4 is 16.9 Å². The maximum Gasteiger partial charge on any atom is 0.180 e. The van der Waals surface area contributed by atoms with Crippen molar-refractivity contribution in [3.05, 3.63) is 24.7 Å². The molecule has 6 nitrogen and oxygen atoms in total. The monoisotopic (exact) mass is 382 g/mol. The molecule has 152 valence electrons. The molecule has 2 aromatic heterocycles. The number of likely N-dealkylation sites (tertiary alicyclic amines) is 1. The molecule has 4 rings (SSSR count). The highest BCUT2D eigenvalue weighted by Gasteiger charge is 2.27. The van der Waals surface area contributed by atoms with Gasteiger partial charge in [-0.25, -0.2) is 15.0 Å². The Bertz CT molecular complexity index is 740. The van der Waals surface area contributed by atoms with Gasteiger partial charge in [0, 0.05) is 44.3 Å². The van der Waals surface area contributed by atoms with Crippen molar-refractivity contribution in [2.24, 2.45) is 5.92 Å². The van der Waals surface area contributed by atoms with Crippen molar-refractivity contribution in [1.29, 1.82) is 0 Å². The highest BCUT2D eigenvalue weighted by Crippen LogP contribution is 2.28. The molecule has 0 amide bonds. The minimum absolute atomic E-state index is 0.748. The third-order valence-corrected chi connectivity index (χ3v) is 6.71. The molecule has 0 N–H and O–H groups in total. The van der Waals surface area contributed by atoms with E-state index in [0.29, 0.717) is 0 Å². The van der Waals surface area contributed by atoms with Crippen LogP contribution in [0.1, 0.15) is 39.5 Å². The smallest absolute Gasteiger partial charge is 0.180 e. The summed E-state index contributed by atoms with van der Waals surface area (Å²) < 4.78 is 0. The molecule has 0 saturated carbocycles. The molecule has 0 unspecified atom stereocenters. The lowest BCUT2D eigenvalue weighted by Gasteiger charge is -2.40. The number of anilines is 1. The Kier molecular flexibility index (Phi) is 6.37. The van der Waals surface area contributed by atoms with Crippen LogP contribution in [0.4, 0.5) is 5.69 Å². The quantitative estimate of drug-likeness (QED) is 0.765. The second kappa shape index (κ2) is 9.14. The zero-order valence-corrected chi connectivity index (χ0v) is 17.4. The van der Waals surface area contributed by atoms with E-state index in [2.05, 4.69) is 49.6 Å². The number of hydrogen-bond donors (Lipinski definition) is 0. The third kappa shape index (κ3) is 4.28. The van der Waals surface area contributed by atoms with E-state index in [0.717, 1.165) is 36.2 Å².